The van der Waals surface area contributed by atoms with E-state index in [-0.39, 0.29) is 32.2 Å². The molecule has 1 N–H and O–H groups in total. The SMILES string of the molecule is CC(=O)OC(CCCN(Cc1ccccc1)C(=O)[C@H]1[C@@H](C(=O)OCc2ccccc2)[C@H](C(=O)O)[C@@H]1C(=O)OCc1ccccc1)C(C)Cc1ccccc1. The normalized spacial score (nSPS) is 18.6. The first kappa shape index (κ1) is 39.4. The molecule has 1 fully saturated rings. The van der Waals surface area contributed by atoms with E-state index in [1.807, 2.05) is 79.7 Å². The fourth-order valence-electron chi connectivity index (χ4n) is 7.15. The largest absolute Gasteiger partial charge is 0.481 e. The maximum Gasteiger partial charge on any atom is 0.311 e. The highest BCUT2D eigenvalue weighted by atomic mass is 16.5. The molecule has 4 aromatic rings. The van der Waals surface area contributed by atoms with Crippen molar-refractivity contribution in [2.24, 2.45) is 29.6 Å². The van der Waals surface area contributed by atoms with E-state index in [2.05, 4.69) is 0 Å². The Balaban J connectivity index is 1.40. The highest BCUT2D eigenvalue weighted by Gasteiger charge is 2.65. The molecule has 1 aliphatic carbocycles. The van der Waals surface area contributed by atoms with Gasteiger partial charge in [0, 0.05) is 20.0 Å². The summed E-state index contributed by atoms with van der Waals surface area (Å²) in [6, 6.07) is 37.0. The van der Waals surface area contributed by atoms with Gasteiger partial charge in [0.2, 0.25) is 5.91 Å². The van der Waals surface area contributed by atoms with Crippen LogP contribution >= 0.6 is 0 Å². The highest BCUT2D eigenvalue weighted by molar-refractivity contribution is 5.98. The summed E-state index contributed by atoms with van der Waals surface area (Å²) in [6.45, 7) is 3.47. The second-order valence-electron chi connectivity index (χ2n) is 13.8. The molecule has 1 saturated carbocycles. The molecule has 0 aliphatic heterocycles. The zero-order valence-corrected chi connectivity index (χ0v) is 30.6. The number of ether oxygens (including phenoxy) is 3. The molecule has 2 unspecified atom stereocenters. The van der Waals surface area contributed by atoms with E-state index >= 15 is 0 Å². The van der Waals surface area contributed by atoms with Crippen LogP contribution in [-0.2, 0) is 64.4 Å². The van der Waals surface area contributed by atoms with E-state index in [9.17, 15) is 29.1 Å². The van der Waals surface area contributed by atoms with Crippen LogP contribution in [0.4, 0.5) is 0 Å². The summed E-state index contributed by atoms with van der Waals surface area (Å²) >= 11 is 0. The third-order valence-corrected chi connectivity index (χ3v) is 9.91. The minimum absolute atomic E-state index is 0.0231. The summed E-state index contributed by atoms with van der Waals surface area (Å²) in [5, 5.41) is 10.4. The number of carboxylic acids is 1. The Kier molecular flexibility index (Phi) is 14.1. The van der Waals surface area contributed by atoms with E-state index in [0.29, 0.717) is 30.4 Å². The van der Waals surface area contributed by atoms with Crippen molar-refractivity contribution in [2.45, 2.75) is 59.0 Å². The van der Waals surface area contributed by atoms with E-state index in [1.165, 1.54) is 6.92 Å². The third-order valence-electron chi connectivity index (χ3n) is 9.91. The lowest BCUT2D eigenvalue weighted by Crippen LogP contribution is -2.62. The van der Waals surface area contributed by atoms with Crippen molar-refractivity contribution >= 4 is 29.8 Å². The van der Waals surface area contributed by atoms with Gasteiger partial charge >= 0.3 is 23.9 Å². The van der Waals surface area contributed by atoms with Crippen LogP contribution in [0.3, 0.4) is 0 Å². The van der Waals surface area contributed by atoms with Crippen LogP contribution in [0.2, 0.25) is 0 Å². The van der Waals surface area contributed by atoms with Gasteiger partial charge in [-0.1, -0.05) is 128 Å². The van der Waals surface area contributed by atoms with Crippen LogP contribution < -0.4 is 0 Å². The first-order valence-electron chi connectivity index (χ1n) is 18.3. The Morgan fingerprint density at radius 1 is 0.630 bits per heavy atom. The average molecular weight is 734 g/mol. The van der Waals surface area contributed by atoms with Gasteiger partial charge < -0.3 is 24.2 Å². The molecule has 1 amide bonds. The lowest BCUT2D eigenvalue weighted by molar-refractivity contribution is -0.195. The Bertz CT molecular complexity index is 1770. The minimum atomic E-state index is -1.53. The molecule has 54 heavy (non-hydrogen) atoms. The van der Waals surface area contributed by atoms with Gasteiger partial charge in [0.1, 0.15) is 19.3 Å². The average Bonchev–Trinajstić information content (AvgIpc) is 3.16. The number of benzene rings is 4. The van der Waals surface area contributed by atoms with Crippen molar-refractivity contribution in [2.75, 3.05) is 6.54 Å². The molecule has 0 saturated heterocycles. The van der Waals surface area contributed by atoms with Crippen LogP contribution in [-0.4, -0.2) is 52.4 Å². The van der Waals surface area contributed by atoms with Crippen molar-refractivity contribution in [3.05, 3.63) is 144 Å². The molecule has 0 aromatic heterocycles. The first-order chi connectivity index (χ1) is 26.1. The van der Waals surface area contributed by atoms with Gasteiger partial charge in [0.25, 0.3) is 0 Å². The smallest absolute Gasteiger partial charge is 0.311 e. The van der Waals surface area contributed by atoms with Gasteiger partial charge in [0.05, 0.1) is 23.7 Å². The fourth-order valence-corrected chi connectivity index (χ4v) is 7.15. The maximum atomic E-state index is 14.7. The van der Waals surface area contributed by atoms with Gasteiger partial charge in [-0.2, -0.15) is 0 Å². The molecule has 282 valence electrons. The number of hydrogen-bond acceptors (Lipinski definition) is 8. The van der Waals surface area contributed by atoms with Crippen molar-refractivity contribution in [3.63, 3.8) is 0 Å². The number of carbonyl (C=O) groups is 5. The lowest BCUT2D eigenvalue weighted by atomic mass is 9.55. The van der Waals surface area contributed by atoms with Crippen molar-refractivity contribution in [3.8, 4) is 0 Å². The molecule has 0 radical (unpaired) electrons. The second-order valence-corrected chi connectivity index (χ2v) is 13.8. The summed E-state index contributed by atoms with van der Waals surface area (Å²) < 4.78 is 17.0. The number of amides is 1. The molecular weight excluding hydrogens is 686 g/mol. The van der Waals surface area contributed by atoms with E-state index in [4.69, 9.17) is 14.2 Å². The van der Waals surface area contributed by atoms with Crippen LogP contribution in [0.1, 0.15) is 48.9 Å². The van der Waals surface area contributed by atoms with Gasteiger partial charge in [-0.05, 0) is 47.4 Å². The number of rotatable bonds is 18. The van der Waals surface area contributed by atoms with E-state index in [0.717, 1.165) is 11.1 Å². The fraction of sp³-hybridized carbons (Fsp3) is 0.341. The number of carbonyl (C=O) groups excluding carboxylic acids is 4. The molecule has 5 rings (SSSR count). The van der Waals surface area contributed by atoms with Gasteiger partial charge in [-0.3, -0.25) is 24.0 Å². The molecule has 4 aromatic carbocycles. The molecule has 0 spiro atoms. The summed E-state index contributed by atoms with van der Waals surface area (Å²) in [4.78, 5) is 68.6. The molecule has 10 nitrogen and oxygen atoms in total. The van der Waals surface area contributed by atoms with Crippen LogP contribution in [0.5, 0.6) is 0 Å². The van der Waals surface area contributed by atoms with Crippen molar-refractivity contribution < 1.29 is 43.3 Å². The Morgan fingerprint density at radius 3 is 1.52 bits per heavy atom. The van der Waals surface area contributed by atoms with Crippen LogP contribution in [0, 0.1) is 29.6 Å². The molecular formula is C44H47NO9. The Hall–Kier alpha value is -5.77. The minimum Gasteiger partial charge on any atom is -0.481 e. The number of carboxylic acid groups (broad SMARTS) is 1. The second kappa shape index (κ2) is 19.3. The van der Waals surface area contributed by atoms with Gasteiger partial charge in [0.15, 0.2) is 0 Å². The third kappa shape index (κ3) is 10.7. The monoisotopic (exact) mass is 733 g/mol. The maximum absolute atomic E-state index is 14.7. The zero-order chi connectivity index (χ0) is 38.5. The van der Waals surface area contributed by atoms with Crippen molar-refractivity contribution in [1.82, 2.24) is 4.90 Å². The standard InChI is InChI=1S/C44H47NO9/c1-30(26-32-16-7-3-8-17-32)36(54-31(2)46)24-15-25-45(27-33-18-9-4-10-19-33)41(47)37-39(43(50)52-28-34-20-11-5-12-21-34)38(42(48)49)40(37)44(51)53-29-35-22-13-6-14-23-35/h3-14,16-23,30,36-40H,15,24-29H2,1-2H3,(H,48,49)/t30?,36?,37-,38-,39-,40-/m1/s1. The molecule has 0 bridgehead atoms. The van der Waals surface area contributed by atoms with Crippen molar-refractivity contribution in [1.29, 1.82) is 0 Å². The Labute approximate surface area is 316 Å². The zero-order valence-electron chi connectivity index (χ0n) is 30.6. The Morgan fingerprint density at radius 2 is 1.07 bits per heavy atom. The highest BCUT2D eigenvalue weighted by Crippen LogP contribution is 2.49. The van der Waals surface area contributed by atoms with Gasteiger partial charge in [-0.15, -0.1) is 0 Å². The lowest BCUT2D eigenvalue weighted by Gasteiger charge is -2.47. The number of nitrogens with zero attached hydrogens (tertiary/aromatic N) is 1. The van der Waals surface area contributed by atoms with Gasteiger partial charge in [-0.25, -0.2) is 0 Å². The predicted molar refractivity (Wildman–Crippen MR) is 200 cm³/mol. The summed E-state index contributed by atoms with van der Waals surface area (Å²) in [6.07, 6.45) is 1.12. The molecule has 0 heterocycles. The quantitative estimate of drug-likeness (QED) is 0.0880. The molecule has 4 atom stereocenters. The number of esters is 3. The van der Waals surface area contributed by atoms with E-state index in [1.54, 1.807) is 53.4 Å². The summed E-state index contributed by atoms with van der Waals surface area (Å²) in [7, 11) is 0. The topological polar surface area (TPSA) is 137 Å². The number of hydrogen-bond donors (Lipinski definition) is 1. The van der Waals surface area contributed by atoms with Crippen LogP contribution in [0.15, 0.2) is 121 Å². The summed E-state index contributed by atoms with van der Waals surface area (Å²) in [5.41, 5.74) is 3.29. The molecule has 10 heteroatoms. The predicted octanol–water partition coefficient (Wildman–Crippen LogP) is 6.66. The molecule has 1 aliphatic rings. The number of aliphatic carboxylic acids is 1. The summed E-state index contributed by atoms with van der Waals surface area (Å²) in [5.74, 6) is -9.85. The van der Waals surface area contributed by atoms with E-state index < -0.39 is 59.6 Å². The van der Waals surface area contributed by atoms with Crippen LogP contribution in [0.25, 0.3) is 0 Å². The first-order valence-corrected chi connectivity index (χ1v) is 18.3.